The predicted octanol–water partition coefficient (Wildman–Crippen LogP) is 2.86. The molecule has 2 amide bonds. The first kappa shape index (κ1) is 14.6. The molecular weight excluding hydrogens is 284 g/mol. The zero-order chi connectivity index (χ0) is 14.9. The van der Waals surface area contributed by atoms with Crippen molar-refractivity contribution in [2.75, 3.05) is 6.54 Å². The van der Waals surface area contributed by atoms with Gasteiger partial charge in [0.05, 0.1) is 6.04 Å². The number of carbonyl (C=O) groups is 2. The van der Waals surface area contributed by atoms with Crippen LogP contribution >= 0.6 is 11.3 Å². The second kappa shape index (κ2) is 5.79. The van der Waals surface area contributed by atoms with E-state index in [4.69, 9.17) is 0 Å². The van der Waals surface area contributed by atoms with E-state index in [0.29, 0.717) is 13.0 Å². The molecule has 2 fully saturated rings. The summed E-state index contributed by atoms with van der Waals surface area (Å²) in [5.74, 6) is 0.136. The summed E-state index contributed by atoms with van der Waals surface area (Å²) < 4.78 is 0. The summed E-state index contributed by atoms with van der Waals surface area (Å²) in [4.78, 5) is 27.1. The van der Waals surface area contributed by atoms with E-state index >= 15 is 0 Å². The third-order valence-corrected chi connectivity index (χ3v) is 5.53. The Labute approximate surface area is 129 Å². The Balaban J connectivity index is 1.89. The van der Waals surface area contributed by atoms with Crippen molar-refractivity contribution in [3.8, 4) is 0 Å². The van der Waals surface area contributed by atoms with Gasteiger partial charge in [0.1, 0.15) is 5.54 Å². The first-order valence-electron chi connectivity index (χ1n) is 7.77. The molecule has 0 aromatic carbocycles. The lowest BCUT2D eigenvalue weighted by molar-refractivity contribution is -0.142. The maximum atomic E-state index is 13.1. The van der Waals surface area contributed by atoms with Crippen molar-refractivity contribution in [2.45, 2.75) is 57.0 Å². The fourth-order valence-electron chi connectivity index (χ4n) is 3.54. The number of carbonyl (C=O) groups excluding carboxylic acids is 2. The molecule has 114 valence electrons. The highest BCUT2D eigenvalue weighted by molar-refractivity contribution is 7.07. The van der Waals surface area contributed by atoms with E-state index in [1.54, 1.807) is 11.3 Å². The number of nitrogens with one attached hydrogen (secondary N) is 1. The van der Waals surface area contributed by atoms with Crippen LogP contribution in [-0.2, 0) is 9.59 Å². The van der Waals surface area contributed by atoms with Gasteiger partial charge >= 0.3 is 0 Å². The number of nitrogens with zero attached hydrogens (tertiary/aromatic N) is 1. The molecule has 2 aliphatic rings. The molecule has 1 spiro atoms. The summed E-state index contributed by atoms with van der Waals surface area (Å²) in [6.07, 6.45) is 5.17. The smallest absolute Gasteiger partial charge is 0.248 e. The van der Waals surface area contributed by atoms with Crippen molar-refractivity contribution in [1.82, 2.24) is 10.2 Å². The van der Waals surface area contributed by atoms with E-state index in [0.717, 1.165) is 37.7 Å². The Kier molecular flexibility index (Phi) is 4.02. The van der Waals surface area contributed by atoms with E-state index < -0.39 is 5.54 Å². The van der Waals surface area contributed by atoms with Gasteiger partial charge in [0.2, 0.25) is 11.8 Å². The van der Waals surface area contributed by atoms with Crippen LogP contribution in [0.15, 0.2) is 16.8 Å². The SMILES string of the molecule is CC(c1ccsc1)N1CCC(=O)NC2(CCCCC2)C1=O. The largest absolute Gasteiger partial charge is 0.342 e. The normalized spacial score (nSPS) is 23.8. The van der Waals surface area contributed by atoms with Crippen LogP contribution in [0.2, 0.25) is 0 Å². The van der Waals surface area contributed by atoms with Gasteiger partial charge in [-0.3, -0.25) is 9.59 Å². The minimum atomic E-state index is -0.643. The van der Waals surface area contributed by atoms with Crippen LogP contribution < -0.4 is 5.32 Å². The molecule has 1 N–H and O–H groups in total. The Morgan fingerprint density at radius 3 is 2.71 bits per heavy atom. The van der Waals surface area contributed by atoms with Crippen LogP contribution in [-0.4, -0.2) is 28.8 Å². The van der Waals surface area contributed by atoms with Gasteiger partial charge in [-0.1, -0.05) is 19.3 Å². The fourth-order valence-corrected chi connectivity index (χ4v) is 4.28. The maximum Gasteiger partial charge on any atom is 0.248 e. The minimum Gasteiger partial charge on any atom is -0.342 e. The van der Waals surface area contributed by atoms with Gasteiger partial charge in [0.15, 0.2) is 0 Å². The van der Waals surface area contributed by atoms with Crippen LogP contribution in [0.1, 0.15) is 57.1 Å². The molecule has 21 heavy (non-hydrogen) atoms. The molecule has 3 rings (SSSR count). The average Bonchev–Trinajstić information content (AvgIpc) is 2.98. The van der Waals surface area contributed by atoms with Gasteiger partial charge in [-0.05, 0) is 42.2 Å². The predicted molar refractivity (Wildman–Crippen MR) is 83.0 cm³/mol. The van der Waals surface area contributed by atoms with Gasteiger partial charge in [0.25, 0.3) is 0 Å². The van der Waals surface area contributed by atoms with Crippen LogP contribution in [0, 0.1) is 0 Å². The van der Waals surface area contributed by atoms with Crippen molar-refractivity contribution in [2.24, 2.45) is 0 Å². The molecule has 0 bridgehead atoms. The van der Waals surface area contributed by atoms with Gasteiger partial charge in [0, 0.05) is 13.0 Å². The third kappa shape index (κ3) is 2.71. The Morgan fingerprint density at radius 2 is 2.05 bits per heavy atom. The molecule has 4 nitrogen and oxygen atoms in total. The number of hydrogen-bond acceptors (Lipinski definition) is 3. The quantitative estimate of drug-likeness (QED) is 0.913. The zero-order valence-corrected chi connectivity index (χ0v) is 13.2. The standard InChI is InChI=1S/C16H22N2O2S/c1-12(13-6-10-21-11-13)18-9-5-14(19)17-16(15(18)20)7-3-2-4-8-16/h6,10-12H,2-5,7-9H2,1H3,(H,17,19). The fraction of sp³-hybridized carbons (Fsp3) is 0.625. The van der Waals surface area contributed by atoms with E-state index in [1.807, 2.05) is 10.3 Å². The summed E-state index contributed by atoms with van der Waals surface area (Å²) in [5, 5.41) is 7.17. The molecule has 1 saturated heterocycles. The minimum absolute atomic E-state index is 0.0188. The molecule has 1 unspecified atom stereocenters. The van der Waals surface area contributed by atoms with Gasteiger partial charge < -0.3 is 10.2 Å². The van der Waals surface area contributed by atoms with Crippen molar-refractivity contribution < 1.29 is 9.59 Å². The highest BCUT2D eigenvalue weighted by Crippen LogP contribution is 2.34. The Morgan fingerprint density at radius 1 is 1.29 bits per heavy atom. The van der Waals surface area contributed by atoms with Crippen molar-refractivity contribution in [3.05, 3.63) is 22.4 Å². The molecule has 0 radical (unpaired) electrons. The summed E-state index contributed by atoms with van der Waals surface area (Å²) >= 11 is 1.65. The highest BCUT2D eigenvalue weighted by Gasteiger charge is 2.46. The lowest BCUT2D eigenvalue weighted by atomic mass is 9.80. The monoisotopic (exact) mass is 306 g/mol. The zero-order valence-electron chi connectivity index (χ0n) is 12.4. The Hall–Kier alpha value is -1.36. The second-order valence-corrected chi connectivity index (χ2v) is 6.95. The van der Waals surface area contributed by atoms with E-state index in [2.05, 4.69) is 23.7 Å². The molecule has 1 aromatic heterocycles. The van der Waals surface area contributed by atoms with E-state index in [9.17, 15) is 9.59 Å². The van der Waals surface area contributed by atoms with Crippen LogP contribution in [0.25, 0.3) is 0 Å². The summed E-state index contributed by atoms with van der Waals surface area (Å²) in [7, 11) is 0. The van der Waals surface area contributed by atoms with Crippen LogP contribution in [0.3, 0.4) is 0 Å². The molecular formula is C16H22N2O2S. The summed E-state index contributed by atoms with van der Waals surface area (Å²) in [5.41, 5.74) is 0.518. The number of rotatable bonds is 2. The number of amides is 2. The molecule has 1 aliphatic heterocycles. The van der Waals surface area contributed by atoms with Crippen molar-refractivity contribution in [1.29, 1.82) is 0 Å². The maximum absolute atomic E-state index is 13.1. The number of hydrogen-bond donors (Lipinski definition) is 1. The molecule has 1 aromatic rings. The first-order valence-corrected chi connectivity index (χ1v) is 8.71. The lowest BCUT2D eigenvalue weighted by Crippen LogP contribution is -2.58. The van der Waals surface area contributed by atoms with Gasteiger partial charge in [-0.25, -0.2) is 0 Å². The van der Waals surface area contributed by atoms with E-state index in [1.165, 1.54) is 0 Å². The third-order valence-electron chi connectivity index (χ3n) is 4.83. The topological polar surface area (TPSA) is 49.4 Å². The molecule has 2 heterocycles. The van der Waals surface area contributed by atoms with Crippen molar-refractivity contribution in [3.63, 3.8) is 0 Å². The average molecular weight is 306 g/mol. The number of thiophene rings is 1. The highest BCUT2D eigenvalue weighted by atomic mass is 32.1. The summed E-state index contributed by atoms with van der Waals surface area (Å²) in [6.45, 7) is 2.58. The molecule has 5 heteroatoms. The van der Waals surface area contributed by atoms with Crippen LogP contribution in [0.5, 0.6) is 0 Å². The molecule has 1 atom stereocenters. The van der Waals surface area contributed by atoms with Gasteiger partial charge in [-0.15, -0.1) is 0 Å². The van der Waals surface area contributed by atoms with Gasteiger partial charge in [-0.2, -0.15) is 11.3 Å². The Bertz CT molecular complexity index is 520. The second-order valence-electron chi connectivity index (χ2n) is 6.17. The van der Waals surface area contributed by atoms with Crippen LogP contribution in [0.4, 0.5) is 0 Å². The summed E-state index contributed by atoms with van der Waals surface area (Å²) in [6, 6.07) is 2.10. The molecule has 1 saturated carbocycles. The van der Waals surface area contributed by atoms with Crippen molar-refractivity contribution >= 4 is 23.2 Å². The molecule has 1 aliphatic carbocycles. The first-order chi connectivity index (χ1) is 10.1. The van der Waals surface area contributed by atoms with E-state index in [-0.39, 0.29) is 17.9 Å². The lowest BCUT2D eigenvalue weighted by Gasteiger charge is -2.39.